The molecule has 1 heterocycles. The van der Waals surface area contributed by atoms with Gasteiger partial charge in [0.05, 0.1) is 17.4 Å². The summed E-state index contributed by atoms with van der Waals surface area (Å²) in [6.07, 6.45) is 3.79. The minimum absolute atomic E-state index is 0.122. The molecule has 0 aliphatic heterocycles. The third kappa shape index (κ3) is 2.95. The zero-order chi connectivity index (χ0) is 13.1. The molecule has 18 heavy (non-hydrogen) atoms. The molecular weight excluding hydrogens is 234 g/mol. The Bertz CT molecular complexity index is 450. The summed E-state index contributed by atoms with van der Waals surface area (Å²) in [5.41, 5.74) is 0.572. The first-order valence-electron chi connectivity index (χ1n) is 6.05. The van der Waals surface area contributed by atoms with E-state index in [1.54, 1.807) is 6.92 Å². The molecule has 2 rings (SSSR count). The fourth-order valence-corrected chi connectivity index (χ4v) is 2.23. The molecular formula is C12H17N3O3. The molecule has 0 amide bonds. The summed E-state index contributed by atoms with van der Waals surface area (Å²) >= 11 is 0. The molecule has 1 aliphatic rings. The highest BCUT2D eigenvalue weighted by Gasteiger charge is 2.22. The molecule has 2 atom stereocenters. The second-order valence-electron chi connectivity index (χ2n) is 4.71. The Hall–Kier alpha value is -1.69. The van der Waals surface area contributed by atoms with Crippen LogP contribution in [0.1, 0.15) is 35.3 Å². The summed E-state index contributed by atoms with van der Waals surface area (Å²) in [6, 6.07) is 0. The van der Waals surface area contributed by atoms with Gasteiger partial charge in [0, 0.05) is 12.7 Å². The van der Waals surface area contributed by atoms with Gasteiger partial charge in [-0.2, -0.15) is 0 Å². The quantitative estimate of drug-likeness (QED) is 0.740. The van der Waals surface area contributed by atoms with E-state index in [0.29, 0.717) is 24.1 Å². The number of anilines is 1. The van der Waals surface area contributed by atoms with E-state index < -0.39 is 5.97 Å². The van der Waals surface area contributed by atoms with E-state index in [1.165, 1.54) is 6.20 Å². The lowest BCUT2D eigenvalue weighted by Crippen LogP contribution is -2.15. The number of carbonyl (C=O) groups is 1. The summed E-state index contributed by atoms with van der Waals surface area (Å²) < 4.78 is 0. The fourth-order valence-electron chi connectivity index (χ4n) is 2.23. The summed E-state index contributed by atoms with van der Waals surface area (Å²) in [7, 11) is 0. The average molecular weight is 251 g/mol. The second-order valence-corrected chi connectivity index (χ2v) is 4.71. The van der Waals surface area contributed by atoms with Crippen LogP contribution in [0, 0.1) is 12.8 Å². The largest absolute Gasteiger partial charge is 0.478 e. The molecule has 1 saturated carbocycles. The van der Waals surface area contributed by atoms with Crippen molar-refractivity contribution in [1.82, 2.24) is 9.97 Å². The van der Waals surface area contributed by atoms with Crippen LogP contribution in [-0.2, 0) is 0 Å². The van der Waals surface area contributed by atoms with Gasteiger partial charge >= 0.3 is 5.97 Å². The summed E-state index contributed by atoms with van der Waals surface area (Å²) in [5.74, 6) is -0.139. The number of hydrogen-bond acceptors (Lipinski definition) is 5. The topological polar surface area (TPSA) is 95.3 Å². The normalized spacial score (nSPS) is 23.0. The molecule has 2 unspecified atom stereocenters. The van der Waals surface area contributed by atoms with Crippen LogP contribution in [-0.4, -0.2) is 38.8 Å². The van der Waals surface area contributed by atoms with Gasteiger partial charge in [0.15, 0.2) is 0 Å². The molecule has 0 saturated heterocycles. The molecule has 6 nitrogen and oxygen atoms in total. The number of aromatic carboxylic acids is 1. The second kappa shape index (κ2) is 5.30. The van der Waals surface area contributed by atoms with Crippen LogP contribution in [0.4, 0.5) is 5.95 Å². The predicted octanol–water partition coefficient (Wildman–Crippen LogP) is 1.06. The highest BCUT2D eigenvalue weighted by atomic mass is 16.4. The van der Waals surface area contributed by atoms with E-state index in [4.69, 9.17) is 5.11 Å². The number of nitrogens with one attached hydrogen (secondary N) is 1. The zero-order valence-electron chi connectivity index (χ0n) is 10.3. The maximum atomic E-state index is 10.8. The van der Waals surface area contributed by atoms with Crippen molar-refractivity contribution >= 4 is 11.9 Å². The van der Waals surface area contributed by atoms with E-state index in [9.17, 15) is 9.90 Å². The molecule has 0 bridgehead atoms. The zero-order valence-corrected chi connectivity index (χ0v) is 10.3. The van der Waals surface area contributed by atoms with E-state index in [1.807, 2.05) is 0 Å². The molecule has 98 valence electrons. The lowest BCUT2D eigenvalue weighted by molar-refractivity contribution is 0.0695. The van der Waals surface area contributed by atoms with Crippen molar-refractivity contribution in [2.24, 2.45) is 5.92 Å². The van der Waals surface area contributed by atoms with Gasteiger partial charge in [0.2, 0.25) is 5.95 Å². The smallest absolute Gasteiger partial charge is 0.339 e. The van der Waals surface area contributed by atoms with Crippen LogP contribution < -0.4 is 5.32 Å². The molecule has 1 fully saturated rings. The van der Waals surface area contributed by atoms with E-state index >= 15 is 0 Å². The van der Waals surface area contributed by atoms with Gasteiger partial charge in [0.1, 0.15) is 0 Å². The van der Waals surface area contributed by atoms with Crippen molar-refractivity contribution in [2.75, 3.05) is 11.9 Å². The standard InChI is InChI=1S/C12H17N3O3/c1-7-10(11(17)18)6-14-12(15-7)13-5-8-2-3-9(16)4-8/h6,8-9,16H,2-5H2,1H3,(H,17,18)(H,13,14,15). The number of nitrogens with zero attached hydrogens (tertiary/aromatic N) is 2. The van der Waals surface area contributed by atoms with E-state index in [0.717, 1.165) is 19.3 Å². The van der Waals surface area contributed by atoms with Crippen molar-refractivity contribution in [2.45, 2.75) is 32.3 Å². The predicted molar refractivity (Wildman–Crippen MR) is 65.6 cm³/mol. The molecule has 3 N–H and O–H groups in total. The number of carboxylic acids is 1. The SMILES string of the molecule is Cc1nc(NCC2CCC(O)C2)ncc1C(=O)O. The minimum atomic E-state index is -1.02. The number of hydrogen-bond donors (Lipinski definition) is 3. The molecule has 1 aromatic rings. The van der Waals surface area contributed by atoms with Crippen molar-refractivity contribution < 1.29 is 15.0 Å². The van der Waals surface area contributed by atoms with E-state index in [2.05, 4.69) is 15.3 Å². The van der Waals surface area contributed by atoms with Gasteiger partial charge in [-0.1, -0.05) is 0 Å². The minimum Gasteiger partial charge on any atom is -0.478 e. The average Bonchev–Trinajstić information content (AvgIpc) is 2.72. The first kappa shape index (κ1) is 12.8. The summed E-state index contributed by atoms with van der Waals surface area (Å²) in [5, 5.41) is 21.4. The highest BCUT2D eigenvalue weighted by Crippen LogP contribution is 2.25. The van der Waals surface area contributed by atoms with Crippen LogP contribution in [0.3, 0.4) is 0 Å². The van der Waals surface area contributed by atoms with Crippen molar-refractivity contribution in [3.8, 4) is 0 Å². The lowest BCUT2D eigenvalue weighted by atomic mass is 10.1. The number of aromatic nitrogens is 2. The Morgan fingerprint density at radius 2 is 2.33 bits per heavy atom. The van der Waals surface area contributed by atoms with Crippen LogP contribution in [0.5, 0.6) is 0 Å². The maximum Gasteiger partial charge on any atom is 0.339 e. The molecule has 0 spiro atoms. The van der Waals surface area contributed by atoms with Gasteiger partial charge in [-0.25, -0.2) is 14.8 Å². The van der Waals surface area contributed by atoms with Crippen molar-refractivity contribution in [3.05, 3.63) is 17.5 Å². The molecule has 1 aromatic heterocycles. The Morgan fingerprint density at radius 1 is 1.56 bits per heavy atom. The monoisotopic (exact) mass is 251 g/mol. The Kier molecular flexibility index (Phi) is 3.76. The molecule has 6 heteroatoms. The van der Waals surface area contributed by atoms with Crippen LogP contribution in [0.2, 0.25) is 0 Å². The highest BCUT2D eigenvalue weighted by molar-refractivity contribution is 5.88. The first-order valence-corrected chi connectivity index (χ1v) is 6.05. The van der Waals surface area contributed by atoms with Gasteiger partial charge < -0.3 is 15.5 Å². The van der Waals surface area contributed by atoms with Gasteiger partial charge in [0.25, 0.3) is 0 Å². The fraction of sp³-hybridized carbons (Fsp3) is 0.583. The third-order valence-electron chi connectivity index (χ3n) is 3.27. The van der Waals surface area contributed by atoms with Crippen molar-refractivity contribution in [3.63, 3.8) is 0 Å². The van der Waals surface area contributed by atoms with Crippen LogP contribution in [0.15, 0.2) is 6.20 Å². The Morgan fingerprint density at radius 3 is 2.89 bits per heavy atom. The van der Waals surface area contributed by atoms with Crippen molar-refractivity contribution in [1.29, 1.82) is 0 Å². The lowest BCUT2D eigenvalue weighted by Gasteiger charge is -2.11. The number of aliphatic hydroxyl groups is 1. The van der Waals surface area contributed by atoms with Gasteiger partial charge in [-0.3, -0.25) is 0 Å². The number of carboxylic acid groups (broad SMARTS) is 1. The van der Waals surface area contributed by atoms with E-state index in [-0.39, 0.29) is 11.7 Å². The van der Waals surface area contributed by atoms with Crippen LogP contribution in [0.25, 0.3) is 0 Å². The van der Waals surface area contributed by atoms with Gasteiger partial charge in [-0.05, 0) is 32.1 Å². The number of aliphatic hydroxyl groups excluding tert-OH is 1. The molecule has 0 radical (unpaired) electrons. The Balaban J connectivity index is 1.94. The molecule has 0 aromatic carbocycles. The third-order valence-corrected chi connectivity index (χ3v) is 3.27. The molecule has 1 aliphatic carbocycles. The maximum absolute atomic E-state index is 10.8. The number of rotatable bonds is 4. The summed E-state index contributed by atoms with van der Waals surface area (Å²) in [6.45, 7) is 2.36. The van der Waals surface area contributed by atoms with Gasteiger partial charge in [-0.15, -0.1) is 0 Å². The number of aryl methyl sites for hydroxylation is 1. The first-order chi connectivity index (χ1) is 8.56. The Labute approximate surface area is 105 Å². The summed E-state index contributed by atoms with van der Waals surface area (Å²) in [4.78, 5) is 18.9. The van der Waals surface area contributed by atoms with Crippen LogP contribution >= 0.6 is 0 Å².